The van der Waals surface area contributed by atoms with Crippen LogP contribution < -0.4 is 0 Å². The van der Waals surface area contributed by atoms with Crippen molar-refractivity contribution in [2.45, 2.75) is 0 Å². The van der Waals surface area contributed by atoms with Gasteiger partial charge in [0.2, 0.25) is 5.95 Å². The predicted molar refractivity (Wildman–Crippen MR) is 224 cm³/mol. The van der Waals surface area contributed by atoms with E-state index in [9.17, 15) is 0 Å². The summed E-state index contributed by atoms with van der Waals surface area (Å²) in [6, 6.07) is 60.9. The van der Waals surface area contributed by atoms with Crippen LogP contribution in [0, 0.1) is 0 Å². The number of hydrogen-bond acceptors (Lipinski definition) is 3. The Bertz CT molecular complexity index is 3450. The van der Waals surface area contributed by atoms with E-state index in [2.05, 4.69) is 179 Å². The first-order chi connectivity index (χ1) is 26.3. The highest BCUT2D eigenvalue weighted by molar-refractivity contribution is 7.26. The Balaban J connectivity index is 1.39. The summed E-state index contributed by atoms with van der Waals surface area (Å²) in [5, 5.41) is 10.9. The fourth-order valence-electron chi connectivity index (χ4n) is 8.77. The summed E-state index contributed by atoms with van der Waals surface area (Å²) in [5.41, 5.74) is 8.60. The lowest BCUT2D eigenvalue weighted by Gasteiger charge is -2.14. The molecular formula is C48H28N4S. The summed E-state index contributed by atoms with van der Waals surface area (Å²) in [6.07, 6.45) is 0. The zero-order valence-corrected chi connectivity index (χ0v) is 29.2. The molecule has 12 aromatic rings. The molecule has 0 amide bonds. The summed E-state index contributed by atoms with van der Waals surface area (Å²) in [4.78, 5) is 10.8. The second-order valence-electron chi connectivity index (χ2n) is 13.7. The molecule has 0 aliphatic heterocycles. The molecular weight excluding hydrogens is 665 g/mol. The summed E-state index contributed by atoms with van der Waals surface area (Å²) in [6.45, 7) is 0. The van der Waals surface area contributed by atoms with Gasteiger partial charge in [-0.1, -0.05) is 127 Å². The summed E-state index contributed by atoms with van der Waals surface area (Å²) >= 11 is 1.87. The van der Waals surface area contributed by atoms with Crippen molar-refractivity contribution in [3.8, 4) is 22.9 Å². The van der Waals surface area contributed by atoms with Crippen LogP contribution in [-0.4, -0.2) is 19.1 Å². The minimum atomic E-state index is 0.659. The lowest BCUT2D eigenvalue weighted by molar-refractivity contribution is 1.02. The molecule has 53 heavy (non-hydrogen) atoms. The lowest BCUT2D eigenvalue weighted by Crippen LogP contribution is -2.04. The van der Waals surface area contributed by atoms with Crippen LogP contribution in [0.15, 0.2) is 170 Å². The molecule has 4 nitrogen and oxygen atoms in total. The smallest absolute Gasteiger partial charge is 0.235 e. The minimum absolute atomic E-state index is 0.659. The van der Waals surface area contributed by atoms with E-state index < -0.39 is 0 Å². The Morgan fingerprint density at radius 1 is 0.377 bits per heavy atom. The van der Waals surface area contributed by atoms with Crippen LogP contribution in [-0.2, 0) is 0 Å². The van der Waals surface area contributed by atoms with Crippen LogP contribution in [0.5, 0.6) is 0 Å². The van der Waals surface area contributed by atoms with E-state index in [0.717, 1.165) is 38.9 Å². The maximum atomic E-state index is 5.47. The second kappa shape index (κ2) is 10.8. The quantitative estimate of drug-likeness (QED) is 0.185. The number of rotatable bonds is 3. The predicted octanol–water partition coefficient (Wildman–Crippen LogP) is 13.0. The normalized spacial score (nSPS) is 12.2. The van der Waals surface area contributed by atoms with Crippen LogP contribution in [0.3, 0.4) is 0 Å². The molecule has 0 saturated heterocycles. The largest absolute Gasteiger partial charge is 0.309 e. The summed E-state index contributed by atoms with van der Waals surface area (Å²) in [7, 11) is 0. The molecule has 12 rings (SSSR count). The van der Waals surface area contributed by atoms with Gasteiger partial charge in [0.25, 0.3) is 0 Å². The van der Waals surface area contributed by atoms with Crippen molar-refractivity contribution in [3.63, 3.8) is 0 Å². The van der Waals surface area contributed by atoms with Gasteiger partial charge in [-0.2, -0.15) is 0 Å². The molecule has 0 atom stereocenters. The van der Waals surface area contributed by atoms with Crippen LogP contribution in [0.4, 0.5) is 0 Å². The van der Waals surface area contributed by atoms with Gasteiger partial charge < -0.3 is 4.57 Å². The molecule has 4 aromatic heterocycles. The number of nitrogens with zero attached hydrogens (tertiary/aromatic N) is 4. The molecule has 0 bridgehead atoms. The van der Waals surface area contributed by atoms with E-state index in [1.807, 2.05) is 11.3 Å². The summed E-state index contributed by atoms with van der Waals surface area (Å²) in [5.74, 6) is 0.659. The fraction of sp³-hybridized carbons (Fsp3) is 0. The van der Waals surface area contributed by atoms with E-state index in [1.165, 1.54) is 63.5 Å². The zero-order valence-electron chi connectivity index (χ0n) is 28.4. The molecule has 0 fully saturated rings. The van der Waals surface area contributed by atoms with E-state index >= 15 is 0 Å². The van der Waals surface area contributed by atoms with Crippen molar-refractivity contribution in [2.75, 3.05) is 0 Å². The third kappa shape index (κ3) is 3.94. The van der Waals surface area contributed by atoms with Gasteiger partial charge in [-0.05, 0) is 42.5 Å². The Hall–Kier alpha value is -6.82. The number of fused-ring (bicyclic) bond motifs is 15. The van der Waals surface area contributed by atoms with Gasteiger partial charge in [0.05, 0.1) is 33.3 Å². The Kier molecular flexibility index (Phi) is 5.90. The number of benzene rings is 8. The highest BCUT2D eigenvalue weighted by Crippen LogP contribution is 2.50. The third-order valence-corrected chi connectivity index (χ3v) is 12.0. The average Bonchev–Trinajstić information content (AvgIpc) is 3.89. The molecule has 0 saturated carbocycles. The van der Waals surface area contributed by atoms with Crippen molar-refractivity contribution >= 4 is 96.8 Å². The van der Waals surface area contributed by atoms with Crippen LogP contribution >= 0.6 is 11.3 Å². The molecule has 246 valence electrons. The van der Waals surface area contributed by atoms with E-state index in [1.54, 1.807) is 0 Å². The number of para-hydroxylation sites is 4. The van der Waals surface area contributed by atoms with Gasteiger partial charge in [-0.25, -0.2) is 9.97 Å². The summed E-state index contributed by atoms with van der Waals surface area (Å²) < 4.78 is 7.39. The van der Waals surface area contributed by atoms with Crippen LogP contribution in [0.25, 0.3) is 108 Å². The molecule has 0 N–H and O–H groups in total. The highest BCUT2D eigenvalue weighted by atomic mass is 32.1. The molecule has 0 unspecified atom stereocenters. The maximum Gasteiger partial charge on any atom is 0.235 e. The fourth-order valence-corrected chi connectivity index (χ4v) is 9.89. The van der Waals surface area contributed by atoms with Gasteiger partial charge in [-0.15, -0.1) is 11.3 Å². The molecule has 0 aliphatic carbocycles. The first-order valence-corrected chi connectivity index (χ1v) is 18.8. The van der Waals surface area contributed by atoms with Crippen molar-refractivity contribution in [2.24, 2.45) is 0 Å². The van der Waals surface area contributed by atoms with Crippen molar-refractivity contribution in [1.29, 1.82) is 0 Å². The van der Waals surface area contributed by atoms with Crippen LogP contribution in [0.2, 0.25) is 0 Å². The molecule has 4 heterocycles. The SMILES string of the molecule is c1ccc(-c2nc(-n3c4ccccc4c4c3c3ccc5sc6ccccc6c5c3c3c5ccccc5n(-c5ccccc5)c34)nc3ccccc23)cc1. The number of thiophene rings is 1. The van der Waals surface area contributed by atoms with Crippen LogP contribution in [0.1, 0.15) is 0 Å². The lowest BCUT2D eigenvalue weighted by atomic mass is 9.95. The second-order valence-corrected chi connectivity index (χ2v) is 14.8. The number of hydrogen-bond donors (Lipinski definition) is 0. The standard InChI is InChI=1S/C48H28N4S/c1-3-15-29(16-4-1)45-31-19-7-11-23-36(31)49-48(50-45)52-38-25-13-9-21-33(38)44-46(52)35-27-28-40-41(34-22-10-14-26-39(34)53-40)42(35)43-32-20-8-12-24-37(32)51(47(43)44)30-17-5-2-6-18-30/h1-28H. The van der Waals surface area contributed by atoms with Crippen molar-refractivity contribution < 1.29 is 0 Å². The van der Waals surface area contributed by atoms with Crippen molar-refractivity contribution in [3.05, 3.63) is 170 Å². The third-order valence-electron chi connectivity index (χ3n) is 10.9. The first kappa shape index (κ1) is 28.8. The topological polar surface area (TPSA) is 35.6 Å². The van der Waals surface area contributed by atoms with Gasteiger partial charge in [0.1, 0.15) is 0 Å². The molecule has 0 spiro atoms. The van der Waals surface area contributed by atoms with Gasteiger partial charge in [-0.3, -0.25) is 4.57 Å². The van der Waals surface area contributed by atoms with Gasteiger partial charge in [0, 0.05) is 69.1 Å². The first-order valence-electron chi connectivity index (χ1n) is 17.9. The molecule has 0 radical (unpaired) electrons. The minimum Gasteiger partial charge on any atom is -0.309 e. The zero-order chi connectivity index (χ0) is 34.6. The van der Waals surface area contributed by atoms with Crippen molar-refractivity contribution in [1.82, 2.24) is 19.1 Å². The molecule has 0 aliphatic rings. The Morgan fingerprint density at radius 2 is 1.00 bits per heavy atom. The van der Waals surface area contributed by atoms with E-state index in [-0.39, 0.29) is 0 Å². The Labute approximate surface area is 307 Å². The average molecular weight is 693 g/mol. The maximum absolute atomic E-state index is 5.47. The van der Waals surface area contributed by atoms with Gasteiger partial charge >= 0.3 is 0 Å². The van der Waals surface area contributed by atoms with E-state index in [4.69, 9.17) is 9.97 Å². The van der Waals surface area contributed by atoms with E-state index in [0.29, 0.717) is 5.95 Å². The molecule has 5 heteroatoms. The number of aromatic nitrogens is 4. The monoisotopic (exact) mass is 692 g/mol. The highest BCUT2D eigenvalue weighted by Gasteiger charge is 2.27. The Morgan fingerprint density at radius 3 is 1.79 bits per heavy atom. The van der Waals surface area contributed by atoms with Gasteiger partial charge in [0.15, 0.2) is 0 Å². The molecule has 8 aromatic carbocycles.